The van der Waals surface area contributed by atoms with Crippen LogP contribution in [0.4, 0.5) is 11.6 Å². The Bertz CT molecular complexity index is 603. The van der Waals surface area contributed by atoms with Crippen LogP contribution < -0.4 is 10.2 Å². The SMILES string of the molecule is Cc1cnc(NCc2cc(C)nc(N3CCCC3)c2)cn1. The van der Waals surface area contributed by atoms with Crippen LogP contribution in [0.5, 0.6) is 0 Å². The van der Waals surface area contributed by atoms with E-state index in [1.54, 1.807) is 12.4 Å². The predicted octanol–water partition coefficient (Wildman–Crippen LogP) is 2.70. The van der Waals surface area contributed by atoms with Gasteiger partial charge in [-0.3, -0.25) is 4.98 Å². The fraction of sp³-hybridized carbons (Fsp3) is 0.438. The van der Waals surface area contributed by atoms with Crippen LogP contribution in [0.1, 0.15) is 29.8 Å². The van der Waals surface area contributed by atoms with Crippen LogP contribution in [-0.2, 0) is 6.54 Å². The number of nitrogens with one attached hydrogen (secondary N) is 1. The van der Waals surface area contributed by atoms with Crippen LogP contribution in [-0.4, -0.2) is 28.0 Å². The molecule has 5 heteroatoms. The summed E-state index contributed by atoms with van der Waals surface area (Å²) in [5.41, 5.74) is 3.22. The summed E-state index contributed by atoms with van der Waals surface area (Å²) in [4.78, 5) is 15.6. The lowest BCUT2D eigenvalue weighted by Gasteiger charge is -2.18. The first-order valence-electron chi connectivity index (χ1n) is 7.46. The van der Waals surface area contributed by atoms with Crippen molar-refractivity contribution < 1.29 is 0 Å². The maximum absolute atomic E-state index is 4.65. The van der Waals surface area contributed by atoms with Crippen molar-refractivity contribution in [2.75, 3.05) is 23.3 Å². The Morgan fingerprint density at radius 2 is 1.86 bits per heavy atom. The number of anilines is 2. The fourth-order valence-electron chi connectivity index (χ4n) is 2.61. The van der Waals surface area contributed by atoms with Crippen LogP contribution in [0.25, 0.3) is 0 Å². The van der Waals surface area contributed by atoms with Crippen molar-refractivity contribution in [3.05, 3.63) is 41.5 Å². The van der Waals surface area contributed by atoms with Crippen molar-refractivity contribution in [1.29, 1.82) is 0 Å². The summed E-state index contributed by atoms with van der Waals surface area (Å²) >= 11 is 0. The number of pyridine rings is 1. The monoisotopic (exact) mass is 283 g/mol. The largest absolute Gasteiger partial charge is 0.365 e. The van der Waals surface area contributed by atoms with E-state index in [2.05, 4.69) is 44.2 Å². The number of hydrogen-bond donors (Lipinski definition) is 1. The highest BCUT2D eigenvalue weighted by molar-refractivity contribution is 5.44. The second-order valence-electron chi connectivity index (χ2n) is 5.57. The van der Waals surface area contributed by atoms with Crippen LogP contribution in [0, 0.1) is 13.8 Å². The zero-order chi connectivity index (χ0) is 14.7. The third kappa shape index (κ3) is 3.48. The topological polar surface area (TPSA) is 53.9 Å². The lowest BCUT2D eigenvalue weighted by atomic mass is 10.2. The van der Waals surface area contributed by atoms with Gasteiger partial charge in [-0.1, -0.05) is 0 Å². The van der Waals surface area contributed by atoms with Gasteiger partial charge in [0.2, 0.25) is 0 Å². The molecule has 0 bridgehead atoms. The van der Waals surface area contributed by atoms with E-state index in [1.807, 2.05) is 6.92 Å². The molecule has 1 fully saturated rings. The lowest BCUT2D eigenvalue weighted by Crippen LogP contribution is -2.19. The molecule has 21 heavy (non-hydrogen) atoms. The summed E-state index contributed by atoms with van der Waals surface area (Å²) in [6, 6.07) is 4.29. The minimum Gasteiger partial charge on any atom is -0.365 e. The summed E-state index contributed by atoms with van der Waals surface area (Å²) in [7, 11) is 0. The Morgan fingerprint density at radius 3 is 2.57 bits per heavy atom. The Morgan fingerprint density at radius 1 is 1.05 bits per heavy atom. The van der Waals surface area contributed by atoms with Crippen molar-refractivity contribution in [3.63, 3.8) is 0 Å². The number of rotatable bonds is 4. The fourth-order valence-corrected chi connectivity index (χ4v) is 2.61. The van der Waals surface area contributed by atoms with Crippen molar-refractivity contribution in [1.82, 2.24) is 15.0 Å². The number of aromatic nitrogens is 3. The molecular formula is C16H21N5. The highest BCUT2D eigenvalue weighted by Crippen LogP contribution is 2.20. The molecule has 0 aliphatic carbocycles. The van der Waals surface area contributed by atoms with E-state index in [4.69, 9.17) is 0 Å². The lowest BCUT2D eigenvalue weighted by molar-refractivity contribution is 0.921. The average molecular weight is 283 g/mol. The van der Waals surface area contributed by atoms with E-state index in [9.17, 15) is 0 Å². The third-order valence-corrected chi connectivity index (χ3v) is 3.68. The molecule has 0 radical (unpaired) electrons. The van der Waals surface area contributed by atoms with E-state index in [-0.39, 0.29) is 0 Å². The molecule has 1 aliphatic rings. The van der Waals surface area contributed by atoms with Crippen molar-refractivity contribution in [2.24, 2.45) is 0 Å². The molecule has 2 aromatic heterocycles. The van der Waals surface area contributed by atoms with Gasteiger partial charge in [0.25, 0.3) is 0 Å². The molecule has 0 amide bonds. The smallest absolute Gasteiger partial charge is 0.144 e. The second-order valence-corrected chi connectivity index (χ2v) is 5.57. The maximum atomic E-state index is 4.65. The molecule has 3 rings (SSSR count). The van der Waals surface area contributed by atoms with Crippen LogP contribution >= 0.6 is 0 Å². The Balaban J connectivity index is 1.71. The summed E-state index contributed by atoms with van der Waals surface area (Å²) in [5.74, 6) is 1.90. The van der Waals surface area contributed by atoms with Crippen molar-refractivity contribution in [2.45, 2.75) is 33.2 Å². The Kier molecular flexibility index (Phi) is 3.99. The molecule has 0 atom stereocenters. The van der Waals surface area contributed by atoms with Gasteiger partial charge >= 0.3 is 0 Å². The highest BCUT2D eigenvalue weighted by atomic mass is 15.2. The molecule has 1 N–H and O–H groups in total. The minimum atomic E-state index is 0.738. The molecule has 0 unspecified atom stereocenters. The van der Waals surface area contributed by atoms with Crippen molar-refractivity contribution >= 4 is 11.6 Å². The van der Waals surface area contributed by atoms with Gasteiger partial charge in [0.05, 0.1) is 18.1 Å². The number of nitrogens with zero attached hydrogens (tertiary/aromatic N) is 4. The maximum Gasteiger partial charge on any atom is 0.144 e. The molecule has 2 aromatic rings. The van der Waals surface area contributed by atoms with Crippen LogP contribution in [0.3, 0.4) is 0 Å². The van der Waals surface area contributed by atoms with Gasteiger partial charge in [-0.25, -0.2) is 9.97 Å². The van der Waals surface area contributed by atoms with Gasteiger partial charge in [-0.05, 0) is 44.4 Å². The van der Waals surface area contributed by atoms with Gasteiger partial charge in [0.15, 0.2) is 0 Å². The van der Waals surface area contributed by atoms with E-state index >= 15 is 0 Å². The molecular weight excluding hydrogens is 262 g/mol. The molecule has 3 heterocycles. The predicted molar refractivity (Wildman–Crippen MR) is 84.5 cm³/mol. The number of hydrogen-bond acceptors (Lipinski definition) is 5. The molecule has 110 valence electrons. The van der Waals surface area contributed by atoms with Gasteiger partial charge < -0.3 is 10.2 Å². The van der Waals surface area contributed by atoms with Gasteiger partial charge in [0, 0.05) is 25.3 Å². The number of aryl methyl sites for hydroxylation is 2. The highest BCUT2D eigenvalue weighted by Gasteiger charge is 2.14. The van der Waals surface area contributed by atoms with E-state index in [1.165, 1.54) is 18.4 Å². The molecule has 1 aliphatic heterocycles. The minimum absolute atomic E-state index is 0.738. The van der Waals surface area contributed by atoms with Crippen LogP contribution in [0.2, 0.25) is 0 Å². The van der Waals surface area contributed by atoms with Gasteiger partial charge in [0.1, 0.15) is 11.6 Å². The Hall–Kier alpha value is -2.17. The first-order chi connectivity index (χ1) is 10.2. The molecule has 0 aromatic carbocycles. The first-order valence-corrected chi connectivity index (χ1v) is 7.46. The van der Waals surface area contributed by atoms with E-state index < -0.39 is 0 Å². The van der Waals surface area contributed by atoms with E-state index in [0.29, 0.717) is 0 Å². The first kappa shape index (κ1) is 13.8. The quantitative estimate of drug-likeness (QED) is 0.935. The summed E-state index contributed by atoms with van der Waals surface area (Å²) in [5, 5.41) is 3.31. The van der Waals surface area contributed by atoms with Gasteiger partial charge in [-0.2, -0.15) is 0 Å². The van der Waals surface area contributed by atoms with Crippen molar-refractivity contribution in [3.8, 4) is 0 Å². The second kappa shape index (κ2) is 6.08. The normalized spacial score (nSPS) is 14.5. The summed E-state index contributed by atoms with van der Waals surface area (Å²) < 4.78 is 0. The average Bonchev–Trinajstić information content (AvgIpc) is 3.00. The molecule has 0 saturated carbocycles. The summed E-state index contributed by atoms with van der Waals surface area (Å²) in [6.45, 7) is 6.96. The zero-order valence-electron chi connectivity index (χ0n) is 12.6. The Labute approximate surface area is 125 Å². The third-order valence-electron chi connectivity index (χ3n) is 3.68. The molecule has 0 spiro atoms. The van der Waals surface area contributed by atoms with E-state index in [0.717, 1.165) is 42.7 Å². The molecule has 5 nitrogen and oxygen atoms in total. The summed E-state index contributed by atoms with van der Waals surface area (Å²) in [6.07, 6.45) is 6.07. The standard InChI is InChI=1S/C16H21N5/c1-12-7-14(8-16(20-12)21-5-3-4-6-21)10-19-15-11-17-13(2)9-18-15/h7-9,11H,3-6,10H2,1-2H3,(H,18,19). The molecule has 1 saturated heterocycles. The van der Waals surface area contributed by atoms with Gasteiger partial charge in [-0.15, -0.1) is 0 Å². The van der Waals surface area contributed by atoms with Crippen LogP contribution in [0.15, 0.2) is 24.5 Å². The zero-order valence-corrected chi connectivity index (χ0v) is 12.6.